The second-order valence-corrected chi connectivity index (χ2v) is 4.49. The molecule has 5 heteroatoms. The fraction of sp³-hybridized carbons (Fsp3) is 0.400. The SMILES string of the molecule is CNC(c1csc(C)n1)c1ccn(C)n1. The number of nitrogens with zero attached hydrogens (tertiary/aromatic N) is 3. The van der Waals surface area contributed by atoms with Crippen molar-refractivity contribution in [1.29, 1.82) is 0 Å². The number of rotatable bonds is 3. The van der Waals surface area contributed by atoms with Gasteiger partial charge in [0.2, 0.25) is 0 Å². The van der Waals surface area contributed by atoms with E-state index in [9.17, 15) is 0 Å². The molecule has 0 spiro atoms. The molecular formula is C10H14N4S. The van der Waals surface area contributed by atoms with Crippen LogP contribution in [0.1, 0.15) is 22.4 Å². The van der Waals surface area contributed by atoms with Crippen LogP contribution in [0.4, 0.5) is 0 Å². The van der Waals surface area contributed by atoms with Crippen molar-refractivity contribution in [2.24, 2.45) is 7.05 Å². The van der Waals surface area contributed by atoms with E-state index in [-0.39, 0.29) is 6.04 Å². The van der Waals surface area contributed by atoms with Crippen molar-refractivity contribution in [3.8, 4) is 0 Å². The summed E-state index contributed by atoms with van der Waals surface area (Å²) < 4.78 is 1.80. The van der Waals surface area contributed by atoms with Crippen molar-refractivity contribution in [2.75, 3.05) is 7.05 Å². The van der Waals surface area contributed by atoms with Crippen LogP contribution in [-0.2, 0) is 7.05 Å². The molecule has 2 rings (SSSR count). The molecule has 0 saturated carbocycles. The van der Waals surface area contributed by atoms with Gasteiger partial charge < -0.3 is 5.32 Å². The number of aryl methyl sites for hydroxylation is 2. The molecule has 0 bridgehead atoms. The largest absolute Gasteiger partial charge is 0.307 e. The summed E-state index contributed by atoms with van der Waals surface area (Å²) in [5.74, 6) is 0. The van der Waals surface area contributed by atoms with Crippen molar-refractivity contribution in [1.82, 2.24) is 20.1 Å². The van der Waals surface area contributed by atoms with Gasteiger partial charge in [-0.2, -0.15) is 5.10 Å². The molecule has 2 aromatic heterocycles. The number of hydrogen-bond donors (Lipinski definition) is 1. The maximum atomic E-state index is 4.47. The Morgan fingerprint density at radius 1 is 1.47 bits per heavy atom. The van der Waals surface area contributed by atoms with Crippen molar-refractivity contribution < 1.29 is 0 Å². The highest BCUT2D eigenvalue weighted by atomic mass is 32.1. The van der Waals surface area contributed by atoms with Gasteiger partial charge in [-0.1, -0.05) is 0 Å². The van der Waals surface area contributed by atoms with E-state index in [1.165, 1.54) is 0 Å². The Bertz CT molecular complexity index is 405. The first-order chi connectivity index (χ1) is 7.20. The molecule has 0 radical (unpaired) electrons. The minimum atomic E-state index is 0.0937. The van der Waals surface area contributed by atoms with Gasteiger partial charge in [-0.3, -0.25) is 4.68 Å². The smallest absolute Gasteiger partial charge is 0.0949 e. The maximum Gasteiger partial charge on any atom is 0.0949 e. The third kappa shape index (κ3) is 2.08. The summed E-state index contributed by atoms with van der Waals surface area (Å²) in [6.07, 6.45) is 1.94. The maximum absolute atomic E-state index is 4.47. The van der Waals surface area contributed by atoms with Gasteiger partial charge >= 0.3 is 0 Å². The molecule has 0 fully saturated rings. The van der Waals surface area contributed by atoms with Crippen LogP contribution >= 0.6 is 11.3 Å². The van der Waals surface area contributed by atoms with E-state index in [2.05, 4.69) is 20.8 Å². The minimum absolute atomic E-state index is 0.0937. The van der Waals surface area contributed by atoms with Gasteiger partial charge in [0.25, 0.3) is 0 Å². The lowest BCUT2D eigenvalue weighted by Crippen LogP contribution is -2.18. The zero-order valence-electron chi connectivity index (χ0n) is 9.06. The van der Waals surface area contributed by atoms with Crippen LogP contribution in [0, 0.1) is 6.92 Å². The fourth-order valence-corrected chi connectivity index (χ4v) is 2.19. The van der Waals surface area contributed by atoms with Gasteiger partial charge in [-0.05, 0) is 20.0 Å². The van der Waals surface area contributed by atoms with Crippen LogP contribution in [0.25, 0.3) is 0 Å². The zero-order chi connectivity index (χ0) is 10.8. The van der Waals surface area contributed by atoms with E-state index in [0.29, 0.717) is 0 Å². The summed E-state index contributed by atoms with van der Waals surface area (Å²) in [7, 11) is 3.84. The van der Waals surface area contributed by atoms with Gasteiger partial charge in [0, 0.05) is 18.6 Å². The third-order valence-electron chi connectivity index (χ3n) is 2.25. The summed E-state index contributed by atoms with van der Waals surface area (Å²) in [5, 5.41) is 10.8. The second-order valence-electron chi connectivity index (χ2n) is 3.43. The normalized spacial score (nSPS) is 13.0. The molecule has 1 N–H and O–H groups in total. The monoisotopic (exact) mass is 222 g/mol. The highest BCUT2D eigenvalue weighted by Crippen LogP contribution is 2.21. The van der Waals surface area contributed by atoms with E-state index in [1.54, 1.807) is 16.0 Å². The molecule has 0 amide bonds. The summed E-state index contributed by atoms with van der Waals surface area (Å²) in [4.78, 5) is 4.47. The predicted octanol–water partition coefficient (Wildman–Crippen LogP) is 1.49. The Balaban J connectivity index is 2.32. The van der Waals surface area contributed by atoms with E-state index >= 15 is 0 Å². The van der Waals surface area contributed by atoms with Crippen LogP contribution in [-0.4, -0.2) is 21.8 Å². The number of thiazole rings is 1. The highest BCUT2D eigenvalue weighted by molar-refractivity contribution is 7.09. The van der Waals surface area contributed by atoms with Crippen LogP contribution < -0.4 is 5.32 Å². The highest BCUT2D eigenvalue weighted by Gasteiger charge is 2.16. The van der Waals surface area contributed by atoms with Gasteiger partial charge in [0.05, 0.1) is 22.4 Å². The Hall–Kier alpha value is -1.20. The molecule has 1 atom stereocenters. The average molecular weight is 222 g/mol. The Morgan fingerprint density at radius 3 is 2.73 bits per heavy atom. The van der Waals surface area contributed by atoms with Gasteiger partial charge in [0.15, 0.2) is 0 Å². The van der Waals surface area contributed by atoms with Crippen molar-refractivity contribution in [3.63, 3.8) is 0 Å². The molecule has 2 aromatic rings. The van der Waals surface area contributed by atoms with E-state index in [0.717, 1.165) is 16.4 Å². The van der Waals surface area contributed by atoms with Crippen molar-refractivity contribution >= 4 is 11.3 Å². The van der Waals surface area contributed by atoms with E-state index in [4.69, 9.17) is 0 Å². The molecule has 2 heterocycles. The van der Waals surface area contributed by atoms with Gasteiger partial charge in [-0.25, -0.2) is 4.98 Å². The standard InChI is InChI=1S/C10H14N4S/c1-7-12-9(6-15-7)10(11-2)8-4-5-14(3)13-8/h4-6,10-11H,1-3H3. The summed E-state index contributed by atoms with van der Waals surface area (Å²) in [5.41, 5.74) is 2.05. The minimum Gasteiger partial charge on any atom is -0.307 e. The molecule has 4 nitrogen and oxygen atoms in total. The third-order valence-corrected chi connectivity index (χ3v) is 3.04. The van der Waals surface area contributed by atoms with Crippen LogP contribution in [0.2, 0.25) is 0 Å². The lowest BCUT2D eigenvalue weighted by Gasteiger charge is -2.10. The van der Waals surface area contributed by atoms with Gasteiger partial charge in [-0.15, -0.1) is 11.3 Å². The Kier molecular flexibility index (Phi) is 2.83. The van der Waals surface area contributed by atoms with E-state index < -0.39 is 0 Å². The lowest BCUT2D eigenvalue weighted by molar-refractivity contribution is 0.630. The summed E-state index contributed by atoms with van der Waals surface area (Å²) in [6.45, 7) is 2.01. The number of hydrogen-bond acceptors (Lipinski definition) is 4. The van der Waals surface area contributed by atoms with Crippen molar-refractivity contribution in [2.45, 2.75) is 13.0 Å². The quantitative estimate of drug-likeness (QED) is 0.855. The lowest BCUT2D eigenvalue weighted by atomic mass is 10.1. The molecule has 0 aliphatic rings. The molecular weight excluding hydrogens is 208 g/mol. The Morgan fingerprint density at radius 2 is 2.27 bits per heavy atom. The van der Waals surface area contributed by atoms with E-state index in [1.807, 2.05) is 33.3 Å². The Labute approximate surface area is 93.0 Å². The first-order valence-electron chi connectivity index (χ1n) is 4.79. The fourth-order valence-electron chi connectivity index (χ4n) is 1.55. The number of nitrogens with one attached hydrogen (secondary N) is 1. The molecule has 80 valence electrons. The summed E-state index contributed by atoms with van der Waals surface area (Å²) >= 11 is 1.66. The molecule has 0 aromatic carbocycles. The molecule has 0 aliphatic heterocycles. The first-order valence-corrected chi connectivity index (χ1v) is 5.67. The molecule has 0 aliphatic carbocycles. The summed E-state index contributed by atoms with van der Waals surface area (Å²) in [6, 6.07) is 2.10. The van der Waals surface area contributed by atoms with Crippen LogP contribution in [0.3, 0.4) is 0 Å². The number of aromatic nitrogens is 3. The van der Waals surface area contributed by atoms with Gasteiger partial charge in [0.1, 0.15) is 0 Å². The molecule has 15 heavy (non-hydrogen) atoms. The predicted molar refractivity (Wildman–Crippen MR) is 61.0 cm³/mol. The van der Waals surface area contributed by atoms with Crippen molar-refractivity contribution in [3.05, 3.63) is 34.0 Å². The van der Waals surface area contributed by atoms with Crippen LogP contribution in [0.15, 0.2) is 17.6 Å². The topological polar surface area (TPSA) is 42.7 Å². The first kappa shape index (κ1) is 10.3. The average Bonchev–Trinajstić information content (AvgIpc) is 2.78. The molecule has 1 unspecified atom stereocenters. The molecule has 0 saturated heterocycles. The van der Waals surface area contributed by atoms with Crippen LogP contribution in [0.5, 0.6) is 0 Å². The second kappa shape index (κ2) is 4.12. The zero-order valence-corrected chi connectivity index (χ0v) is 9.88.